The van der Waals surface area contributed by atoms with Crippen LogP contribution in [0, 0.1) is 29.5 Å². The van der Waals surface area contributed by atoms with E-state index in [1.807, 2.05) is 6.07 Å². The highest BCUT2D eigenvalue weighted by molar-refractivity contribution is 7.71. The van der Waals surface area contributed by atoms with Crippen molar-refractivity contribution in [1.82, 2.24) is 4.98 Å². The summed E-state index contributed by atoms with van der Waals surface area (Å²) in [5, 5.41) is 8.73. The van der Waals surface area contributed by atoms with E-state index in [1.165, 1.54) is 0 Å². The molecule has 1 aromatic rings. The van der Waals surface area contributed by atoms with Crippen molar-refractivity contribution in [3.05, 3.63) is 27.2 Å². The first-order valence-corrected chi connectivity index (χ1v) is 3.82. The molecule has 0 radical (unpaired) electrons. The number of nitriles is 1. The molecule has 0 bridgehead atoms. The lowest BCUT2D eigenvalue weighted by Crippen LogP contribution is -1.96. The summed E-state index contributed by atoms with van der Waals surface area (Å²) in [6.07, 6.45) is 0. The average molecular weight is 190 g/mol. The van der Waals surface area contributed by atoms with E-state index in [4.69, 9.17) is 29.8 Å². The third kappa shape index (κ3) is 1.37. The van der Waals surface area contributed by atoms with Crippen molar-refractivity contribution in [3.63, 3.8) is 0 Å². The Bertz CT molecular complexity index is 487. The molecule has 3 N–H and O–H groups in total. The summed E-state index contributed by atoms with van der Waals surface area (Å²) in [5.41, 5.74) is 6.64. The van der Waals surface area contributed by atoms with Gasteiger partial charge < -0.3 is 10.7 Å². The maximum Gasteiger partial charge on any atom is 0.230 e. The zero-order valence-corrected chi connectivity index (χ0v) is 7.70. The monoisotopic (exact) mass is 190 g/mol. The van der Waals surface area contributed by atoms with Gasteiger partial charge in [-0.1, -0.05) is 12.2 Å². The van der Waals surface area contributed by atoms with E-state index in [-0.39, 0.29) is 16.1 Å². The number of hydrogen-bond acceptors (Lipinski definition) is 3. The first kappa shape index (κ1) is 9.24. The molecule has 0 aromatic carbocycles. The van der Waals surface area contributed by atoms with E-state index in [2.05, 4.69) is 9.83 Å². The lowest BCUT2D eigenvalue weighted by Gasteiger charge is -2.03. The summed E-state index contributed by atoms with van der Waals surface area (Å²) in [5.74, 6) is 0.219. The molecule has 0 saturated heterocycles. The van der Waals surface area contributed by atoms with Crippen LogP contribution in [0.2, 0.25) is 0 Å². The molecule has 5 heteroatoms. The molecular weight excluding hydrogens is 184 g/mol. The SMILES string of the molecule is [C-]#[N+]c1c(N)[nH]c(=S)c(C#N)c1C. The van der Waals surface area contributed by atoms with Crippen molar-refractivity contribution in [1.29, 1.82) is 5.26 Å². The van der Waals surface area contributed by atoms with Crippen molar-refractivity contribution < 1.29 is 0 Å². The van der Waals surface area contributed by atoms with Gasteiger partial charge >= 0.3 is 0 Å². The second-order valence-corrected chi connectivity index (χ2v) is 2.85. The number of nitrogens with two attached hydrogens (primary N) is 1. The summed E-state index contributed by atoms with van der Waals surface area (Å²) in [6, 6.07) is 1.93. The number of rotatable bonds is 0. The van der Waals surface area contributed by atoms with Gasteiger partial charge in [0.1, 0.15) is 16.5 Å². The van der Waals surface area contributed by atoms with Crippen molar-refractivity contribution >= 4 is 23.7 Å². The average Bonchev–Trinajstić information content (AvgIpc) is 2.04. The molecular formula is C8H6N4S. The van der Waals surface area contributed by atoms with E-state index >= 15 is 0 Å². The number of nitrogens with zero attached hydrogens (tertiary/aromatic N) is 2. The highest BCUT2D eigenvalue weighted by Crippen LogP contribution is 2.27. The molecule has 64 valence electrons. The third-order valence-electron chi connectivity index (χ3n) is 1.68. The standard InChI is InChI=1S/C8H6N4S/c1-4-5(3-9)8(13)12-7(10)6(4)11-2/h1H3,(H3,10,12,13). The Morgan fingerprint density at radius 3 is 2.77 bits per heavy atom. The molecule has 0 aliphatic carbocycles. The molecule has 13 heavy (non-hydrogen) atoms. The van der Waals surface area contributed by atoms with Gasteiger partial charge in [0.2, 0.25) is 5.69 Å². The number of nitrogen functional groups attached to an aromatic ring is 1. The first-order chi connectivity index (χ1) is 6.11. The molecule has 1 aromatic heterocycles. The number of hydrogen-bond donors (Lipinski definition) is 2. The number of H-pyrrole nitrogens is 1. The molecule has 0 amide bonds. The zero-order valence-electron chi connectivity index (χ0n) is 6.88. The molecule has 4 nitrogen and oxygen atoms in total. The fraction of sp³-hybridized carbons (Fsp3) is 0.125. The second kappa shape index (κ2) is 3.26. The highest BCUT2D eigenvalue weighted by atomic mass is 32.1. The van der Waals surface area contributed by atoms with Crippen LogP contribution < -0.4 is 5.73 Å². The van der Waals surface area contributed by atoms with E-state index in [1.54, 1.807) is 6.92 Å². The Kier molecular flexibility index (Phi) is 2.32. The van der Waals surface area contributed by atoms with Gasteiger partial charge in [-0.2, -0.15) is 5.26 Å². The summed E-state index contributed by atoms with van der Waals surface area (Å²) in [6.45, 7) is 8.51. The summed E-state index contributed by atoms with van der Waals surface area (Å²) >= 11 is 4.87. The van der Waals surface area contributed by atoms with Gasteiger partial charge in [0.25, 0.3) is 0 Å². The van der Waals surface area contributed by atoms with Gasteiger partial charge in [-0.25, -0.2) is 4.85 Å². The van der Waals surface area contributed by atoms with Gasteiger partial charge in [0, 0.05) is 0 Å². The Labute approximate surface area is 80.4 Å². The van der Waals surface area contributed by atoms with Gasteiger partial charge in [-0.15, -0.1) is 0 Å². The van der Waals surface area contributed by atoms with Gasteiger partial charge in [-0.05, 0) is 12.5 Å². The van der Waals surface area contributed by atoms with Crippen LogP contribution in [0.15, 0.2) is 0 Å². The number of aromatic amines is 1. The Morgan fingerprint density at radius 1 is 1.69 bits per heavy atom. The maximum atomic E-state index is 8.73. The maximum absolute atomic E-state index is 8.73. The molecule has 0 aliphatic heterocycles. The van der Waals surface area contributed by atoms with E-state index in [0.717, 1.165) is 0 Å². The van der Waals surface area contributed by atoms with Crippen LogP contribution in [-0.4, -0.2) is 4.98 Å². The van der Waals surface area contributed by atoms with E-state index in [9.17, 15) is 0 Å². The van der Waals surface area contributed by atoms with Crippen LogP contribution in [0.1, 0.15) is 11.1 Å². The normalized spacial score (nSPS) is 8.85. The minimum absolute atomic E-state index is 0.219. The second-order valence-electron chi connectivity index (χ2n) is 2.44. The third-order valence-corrected chi connectivity index (χ3v) is 1.99. The Hall–Kier alpha value is -1.85. The molecule has 0 unspecified atom stereocenters. The summed E-state index contributed by atoms with van der Waals surface area (Å²) in [7, 11) is 0. The molecule has 0 aliphatic rings. The van der Waals surface area contributed by atoms with Crippen LogP contribution in [0.25, 0.3) is 4.85 Å². The van der Waals surface area contributed by atoms with Crippen molar-refractivity contribution in [2.75, 3.05) is 5.73 Å². The van der Waals surface area contributed by atoms with E-state index in [0.29, 0.717) is 11.1 Å². The minimum atomic E-state index is 0.219. The molecule has 0 spiro atoms. The quantitative estimate of drug-likeness (QED) is 0.486. The molecule has 0 saturated carbocycles. The molecule has 1 heterocycles. The smallest absolute Gasteiger partial charge is 0.230 e. The molecule has 0 atom stereocenters. The predicted molar refractivity (Wildman–Crippen MR) is 51.8 cm³/mol. The number of aromatic nitrogens is 1. The zero-order chi connectivity index (χ0) is 10.0. The number of pyridine rings is 1. The lowest BCUT2D eigenvalue weighted by molar-refractivity contribution is 1.25. The fourth-order valence-corrected chi connectivity index (χ4v) is 1.32. The van der Waals surface area contributed by atoms with Crippen LogP contribution in [0.3, 0.4) is 0 Å². The van der Waals surface area contributed by atoms with Gasteiger partial charge in [-0.3, -0.25) is 0 Å². The van der Waals surface area contributed by atoms with Gasteiger partial charge in [0.15, 0.2) is 0 Å². The van der Waals surface area contributed by atoms with Crippen LogP contribution in [0.4, 0.5) is 11.5 Å². The lowest BCUT2D eigenvalue weighted by atomic mass is 10.1. The topological polar surface area (TPSA) is 70.0 Å². The summed E-state index contributed by atoms with van der Waals surface area (Å²) < 4.78 is 0.282. The largest absolute Gasteiger partial charge is 0.394 e. The van der Waals surface area contributed by atoms with Crippen LogP contribution >= 0.6 is 12.2 Å². The fourth-order valence-electron chi connectivity index (χ4n) is 1.01. The predicted octanol–water partition coefficient (Wildman–Crippen LogP) is 2.06. The van der Waals surface area contributed by atoms with Crippen molar-refractivity contribution in [2.24, 2.45) is 0 Å². The van der Waals surface area contributed by atoms with Crippen molar-refractivity contribution in [3.8, 4) is 6.07 Å². The molecule has 1 rings (SSSR count). The first-order valence-electron chi connectivity index (χ1n) is 3.41. The summed E-state index contributed by atoms with van der Waals surface area (Å²) in [4.78, 5) is 5.82. The Balaban J connectivity index is 3.74. The minimum Gasteiger partial charge on any atom is -0.394 e. The van der Waals surface area contributed by atoms with Crippen LogP contribution in [0.5, 0.6) is 0 Å². The van der Waals surface area contributed by atoms with Crippen molar-refractivity contribution in [2.45, 2.75) is 6.92 Å². The highest BCUT2D eigenvalue weighted by Gasteiger charge is 2.09. The number of anilines is 1. The molecule has 0 fully saturated rings. The van der Waals surface area contributed by atoms with Crippen LogP contribution in [-0.2, 0) is 0 Å². The van der Waals surface area contributed by atoms with Gasteiger partial charge in [0.05, 0.1) is 12.1 Å². The number of nitrogens with one attached hydrogen (secondary N) is 1. The van der Waals surface area contributed by atoms with E-state index < -0.39 is 0 Å². The Morgan fingerprint density at radius 2 is 2.31 bits per heavy atom.